The number of halogens is 2. The van der Waals surface area contributed by atoms with Crippen molar-refractivity contribution in [2.75, 3.05) is 31.5 Å². The molecule has 1 aromatic carbocycles. The number of hydrogen-bond acceptors (Lipinski definition) is 6. The van der Waals surface area contributed by atoms with Crippen molar-refractivity contribution < 1.29 is 17.7 Å². The van der Waals surface area contributed by atoms with Crippen LogP contribution in [0.25, 0.3) is 0 Å². The third-order valence-electron chi connectivity index (χ3n) is 4.59. The lowest BCUT2D eigenvalue weighted by Crippen LogP contribution is -2.53. The number of amides is 1. The maximum atomic E-state index is 12.9. The molecule has 11 heteroatoms. The molecule has 1 unspecified atom stereocenters. The Balaban J connectivity index is 1.62. The summed E-state index contributed by atoms with van der Waals surface area (Å²) in [6, 6.07) is 5.89. The van der Waals surface area contributed by atoms with E-state index in [-0.39, 0.29) is 28.9 Å². The maximum absolute atomic E-state index is 12.9. The van der Waals surface area contributed by atoms with Crippen molar-refractivity contribution >= 4 is 49.3 Å². The fraction of sp³-hybridized carbons (Fsp3) is 0.412. The molecule has 2 aromatic rings. The van der Waals surface area contributed by atoms with E-state index in [1.165, 1.54) is 10.4 Å². The van der Waals surface area contributed by atoms with Crippen LogP contribution in [0.5, 0.6) is 0 Å². The molecule has 1 fully saturated rings. The van der Waals surface area contributed by atoms with Crippen LogP contribution >= 0.6 is 27.5 Å². The first-order valence-electron chi connectivity index (χ1n) is 8.62. The molecular formula is C17H20BrClN4O4S. The largest absolute Gasteiger partial charge is 0.338 e. The van der Waals surface area contributed by atoms with Crippen LogP contribution < -0.4 is 5.32 Å². The van der Waals surface area contributed by atoms with Gasteiger partial charge in [0.25, 0.3) is 0 Å². The Morgan fingerprint density at radius 3 is 2.54 bits per heavy atom. The van der Waals surface area contributed by atoms with Crippen LogP contribution in [0.2, 0.25) is 5.02 Å². The molecule has 152 valence electrons. The Bertz CT molecular complexity index is 973. The molecule has 1 saturated heterocycles. The quantitative estimate of drug-likeness (QED) is 0.691. The lowest BCUT2D eigenvalue weighted by molar-refractivity contribution is -0.121. The zero-order valence-electron chi connectivity index (χ0n) is 15.4. The molecule has 1 aliphatic heterocycles. The average Bonchev–Trinajstić information content (AvgIpc) is 3.05. The summed E-state index contributed by atoms with van der Waals surface area (Å²) in [4.78, 5) is 14.4. The summed E-state index contributed by atoms with van der Waals surface area (Å²) in [5.41, 5.74) is 0.674. The molecule has 0 saturated carbocycles. The van der Waals surface area contributed by atoms with E-state index in [0.717, 1.165) is 0 Å². The number of aryl methyl sites for hydroxylation is 1. The van der Waals surface area contributed by atoms with Crippen molar-refractivity contribution in [3.63, 3.8) is 0 Å². The molecule has 1 aliphatic rings. The van der Waals surface area contributed by atoms with Crippen LogP contribution in [-0.2, 0) is 14.8 Å². The van der Waals surface area contributed by atoms with Gasteiger partial charge in [-0.25, -0.2) is 8.42 Å². The minimum Gasteiger partial charge on any atom is -0.338 e. The summed E-state index contributed by atoms with van der Waals surface area (Å²) in [7, 11) is -3.69. The Labute approximate surface area is 177 Å². The summed E-state index contributed by atoms with van der Waals surface area (Å²) in [6.45, 7) is 4.94. The van der Waals surface area contributed by atoms with E-state index in [9.17, 15) is 13.2 Å². The number of benzene rings is 1. The number of nitrogens with zero attached hydrogens (tertiary/aromatic N) is 3. The van der Waals surface area contributed by atoms with Crippen LogP contribution in [0.3, 0.4) is 0 Å². The van der Waals surface area contributed by atoms with E-state index in [0.29, 0.717) is 29.1 Å². The number of nitrogens with one attached hydrogen (secondary N) is 1. The number of carbonyl (C=O) groups is 1. The first kappa shape index (κ1) is 21.3. The van der Waals surface area contributed by atoms with Gasteiger partial charge in [-0.15, -0.1) is 0 Å². The van der Waals surface area contributed by atoms with E-state index < -0.39 is 16.1 Å². The second-order valence-corrected chi connectivity index (χ2v) is 9.74. The van der Waals surface area contributed by atoms with Crippen molar-refractivity contribution in [2.45, 2.75) is 24.8 Å². The Morgan fingerprint density at radius 1 is 1.29 bits per heavy atom. The summed E-state index contributed by atoms with van der Waals surface area (Å²) in [6.07, 6.45) is 0. The maximum Gasteiger partial charge on any atom is 0.244 e. The Morgan fingerprint density at radius 2 is 1.96 bits per heavy atom. The third-order valence-corrected chi connectivity index (χ3v) is 7.46. The minimum atomic E-state index is -3.69. The van der Waals surface area contributed by atoms with Crippen molar-refractivity contribution in [3.05, 3.63) is 39.5 Å². The molecule has 0 bridgehead atoms. The van der Waals surface area contributed by atoms with Crippen LogP contribution in [0, 0.1) is 6.92 Å². The normalized spacial score (nSPS) is 17.4. The molecule has 1 amide bonds. The van der Waals surface area contributed by atoms with Crippen LogP contribution in [-0.4, -0.2) is 60.9 Å². The van der Waals surface area contributed by atoms with Gasteiger partial charge in [0.05, 0.1) is 16.8 Å². The van der Waals surface area contributed by atoms with E-state index in [1.807, 2.05) is 4.90 Å². The predicted octanol–water partition coefficient (Wildman–Crippen LogP) is 2.73. The van der Waals surface area contributed by atoms with Gasteiger partial charge in [0.1, 0.15) is 4.90 Å². The molecule has 0 radical (unpaired) electrons. The summed E-state index contributed by atoms with van der Waals surface area (Å²) < 4.78 is 32.9. The number of sulfonamides is 1. The predicted molar refractivity (Wildman–Crippen MR) is 109 cm³/mol. The fourth-order valence-corrected chi connectivity index (χ4v) is 5.40. The molecular weight excluding hydrogens is 472 g/mol. The summed E-state index contributed by atoms with van der Waals surface area (Å²) in [5, 5.41) is 6.58. The third kappa shape index (κ3) is 4.57. The monoisotopic (exact) mass is 490 g/mol. The van der Waals surface area contributed by atoms with Crippen molar-refractivity contribution in [3.8, 4) is 0 Å². The first-order chi connectivity index (χ1) is 13.2. The first-order valence-corrected chi connectivity index (χ1v) is 11.2. The van der Waals surface area contributed by atoms with Gasteiger partial charge in [-0.3, -0.25) is 15.0 Å². The molecule has 0 spiro atoms. The van der Waals surface area contributed by atoms with Crippen molar-refractivity contribution in [2.24, 2.45) is 0 Å². The average molecular weight is 492 g/mol. The SMILES string of the molecule is Cc1cc(NC(=O)C(C)N2CCN(S(=O)(=O)c3ccc(Br)cc3Cl)CC2)on1. The summed E-state index contributed by atoms with van der Waals surface area (Å²) in [5.74, 6) is 0.0591. The second kappa shape index (κ2) is 8.50. The van der Waals surface area contributed by atoms with Gasteiger partial charge >= 0.3 is 0 Å². The van der Waals surface area contributed by atoms with Crippen LogP contribution in [0.15, 0.2) is 38.2 Å². The zero-order chi connectivity index (χ0) is 20.5. The Kier molecular flexibility index (Phi) is 6.45. The van der Waals surface area contributed by atoms with Gasteiger partial charge in [-0.05, 0) is 32.0 Å². The second-order valence-electron chi connectivity index (χ2n) is 6.51. The lowest BCUT2D eigenvalue weighted by Gasteiger charge is -2.36. The molecule has 28 heavy (non-hydrogen) atoms. The van der Waals surface area contributed by atoms with E-state index in [4.69, 9.17) is 16.1 Å². The highest BCUT2D eigenvalue weighted by Crippen LogP contribution is 2.28. The van der Waals surface area contributed by atoms with E-state index >= 15 is 0 Å². The standard InChI is InChI=1S/C17H20BrClN4O4S/c1-11-9-16(27-21-11)20-17(24)12(2)22-5-7-23(8-6-22)28(25,26)15-4-3-13(18)10-14(15)19/h3-4,9-10,12H,5-8H2,1-2H3,(H,20,24). The number of anilines is 1. The molecule has 1 aromatic heterocycles. The molecule has 3 rings (SSSR count). The van der Waals surface area contributed by atoms with Gasteiger partial charge in [0.15, 0.2) is 0 Å². The number of aromatic nitrogens is 1. The topological polar surface area (TPSA) is 95.8 Å². The molecule has 0 aliphatic carbocycles. The van der Waals surface area contributed by atoms with E-state index in [2.05, 4.69) is 26.4 Å². The number of piperazine rings is 1. The number of hydrogen-bond donors (Lipinski definition) is 1. The highest BCUT2D eigenvalue weighted by Gasteiger charge is 2.33. The highest BCUT2D eigenvalue weighted by atomic mass is 79.9. The van der Waals surface area contributed by atoms with Crippen molar-refractivity contribution in [1.82, 2.24) is 14.4 Å². The molecule has 1 atom stereocenters. The lowest BCUT2D eigenvalue weighted by atomic mass is 10.2. The van der Waals surface area contributed by atoms with Crippen LogP contribution in [0.1, 0.15) is 12.6 Å². The van der Waals surface area contributed by atoms with E-state index in [1.54, 1.807) is 32.0 Å². The van der Waals surface area contributed by atoms with Gasteiger partial charge in [-0.1, -0.05) is 32.7 Å². The molecule has 8 nitrogen and oxygen atoms in total. The molecule has 2 heterocycles. The minimum absolute atomic E-state index is 0.0808. The van der Waals surface area contributed by atoms with Gasteiger partial charge < -0.3 is 4.52 Å². The van der Waals surface area contributed by atoms with Crippen molar-refractivity contribution in [1.29, 1.82) is 0 Å². The van der Waals surface area contributed by atoms with Gasteiger partial charge in [0, 0.05) is 36.7 Å². The highest BCUT2D eigenvalue weighted by molar-refractivity contribution is 9.10. The number of rotatable bonds is 5. The summed E-state index contributed by atoms with van der Waals surface area (Å²) >= 11 is 9.39. The van der Waals surface area contributed by atoms with Gasteiger partial charge in [-0.2, -0.15) is 4.31 Å². The van der Waals surface area contributed by atoms with Gasteiger partial charge in [0.2, 0.25) is 21.8 Å². The fourth-order valence-electron chi connectivity index (χ4n) is 2.97. The number of carbonyl (C=O) groups excluding carboxylic acids is 1. The zero-order valence-corrected chi connectivity index (χ0v) is 18.5. The Hall–Kier alpha value is -1.46. The van der Waals surface area contributed by atoms with Crippen LogP contribution in [0.4, 0.5) is 5.88 Å². The smallest absolute Gasteiger partial charge is 0.244 e. The molecule has 1 N–H and O–H groups in total.